The van der Waals surface area contributed by atoms with Crippen molar-refractivity contribution in [3.8, 4) is 5.75 Å². The third kappa shape index (κ3) is 4.64. The van der Waals surface area contributed by atoms with Gasteiger partial charge in [0.1, 0.15) is 11.7 Å². The number of carbonyl (C=O) groups is 2. The van der Waals surface area contributed by atoms with Gasteiger partial charge in [0.2, 0.25) is 5.91 Å². The van der Waals surface area contributed by atoms with Gasteiger partial charge in [-0.2, -0.15) is 13.5 Å². The molecule has 0 saturated heterocycles. The van der Waals surface area contributed by atoms with E-state index in [4.69, 9.17) is 10.5 Å². The zero-order valence-corrected chi connectivity index (χ0v) is 19.1. The molecule has 0 radical (unpaired) electrons. The van der Waals surface area contributed by atoms with Crippen molar-refractivity contribution < 1.29 is 14.3 Å². The van der Waals surface area contributed by atoms with Gasteiger partial charge in [0, 0.05) is 25.1 Å². The van der Waals surface area contributed by atoms with Crippen LogP contribution in [0.2, 0.25) is 0 Å². The smallest absolute Gasteiger partial charge is 0.242 e. The predicted molar refractivity (Wildman–Crippen MR) is 122 cm³/mol. The van der Waals surface area contributed by atoms with E-state index in [-0.39, 0.29) is 31.1 Å². The summed E-state index contributed by atoms with van der Waals surface area (Å²) in [4.78, 5) is 28.6. The lowest BCUT2D eigenvalue weighted by molar-refractivity contribution is -0.133. The highest BCUT2D eigenvalue weighted by molar-refractivity contribution is 7.59. The zero-order chi connectivity index (χ0) is 20.4. The lowest BCUT2D eigenvalue weighted by atomic mass is 9.66. The molecule has 4 atom stereocenters. The second-order valence-corrected chi connectivity index (χ2v) is 8.70. The summed E-state index contributed by atoms with van der Waals surface area (Å²) in [5.74, 6) is 1.27. The molecule has 162 valence electrons. The first-order valence-electron chi connectivity index (χ1n) is 10.7. The first kappa shape index (κ1) is 23.7. The number of ketones is 1. The van der Waals surface area contributed by atoms with E-state index in [1.165, 1.54) is 6.42 Å². The lowest BCUT2D eigenvalue weighted by Gasteiger charge is -2.37. The molecule has 6 heteroatoms. The van der Waals surface area contributed by atoms with Crippen molar-refractivity contribution in [2.24, 2.45) is 29.4 Å². The maximum atomic E-state index is 13.7. The Morgan fingerprint density at radius 2 is 2.03 bits per heavy atom. The van der Waals surface area contributed by atoms with Gasteiger partial charge in [-0.1, -0.05) is 33.3 Å². The molecule has 1 aromatic carbocycles. The Balaban J connectivity index is 0.00000300. The number of hydrogen-bond acceptors (Lipinski definition) is 4. The molecule has 29 heavy (non-hydrogen) atoms. The third-order valence-electron chi connectivity index (χ3n) is 6.45. The molecule has 5 nitrogen and oxygen atoms in total. The average molecular weight is 421 g/mol. The molecule has 0 bridgehead atoms. The molecule has 1 aliphatic carbocycles. The summed E-state index contributed by atoms with van der Waals surface area (Å²) in [6, 6.07) is 5.64. The number of carbonyl (C=O) groups excluding carboxylic acids is 2. The number of benzene rings is 1. The summed E-state index contributed by atoms with van der Waals surface area (Å²) in [6.45, 7) is 9.87. The molecule has 1 heterocycles. The number of ether oxygens (including phenoxy) is 1. The molecule has 0 spiro atoms. The molecule has 3 rings (SSSR count). The number of fused-ring (bicyclic) bond motifs is 1. The molecule has 2 aliphatic rings. The molecule has 1 fully saturated rings. The minimum Gasteiger partial charge on any atom is -0.494 e. The van der Waals surface area contributed by atoms with E-state index in [1.807, 2.05) is 25.1 Å². The number of amides is 1. The number of Topliss-reactive ketones (excluding diaryl/α,β-unsaturated/α-hetero) is 1. The van der Waals surface area contributed by atoms with E-state index in [1.54, 1.807) is 4.90 Å². The van der Waals surface area contributed by atoms with Crippen LogP contribution in [0.3, 0.4) is 0 Å². The molecular weight excluding hydrogens is 384 g/mol. The van der Waals surface area contributed by atoms with Crippen LogP contribution in [0.5, 0.6) is 5.75 Å². The summed E-state index contributed by atoms with van der Waals surface area (Å²) in [5, 5.41) is 0. The van der Waals surface area contributed by atoms with Gasteiger partial charge in [-0.3, -0.25) is 9.59 Å². The van der Waals surface area contributed by atoms with Crippen molar-refractivity contribution in [2.45, 2.75) is 52.9 Å². The van der Waals surface area contributed by atoms with Gasteiger partial charge in [-0.15, -0.1) is 0 Å². The minimum atomic E-state index is -0.700. The second kappa shape index (κ2) is 9.98. The van der Waals surface area contributed by atoms with E-state index in [0.29, 0.717) is 37.5 Å². The van der Waals surface area contributed by atoms with E-state index < -0.39 is 5.92 Å². The SMILES string of the molecule is CCOc1ccc2c(c1)N(CCN)C(=O)C2C(=O)[C@@H]1C[C@H](C)CC[C@H]1C(C)C.S. The Morgan fingerprint density at radius 3 is 2.66 bits per heavy atom. The summed E-state index contributed by atoms with van der Waals surface area (Å²) in [6.07, 6.45) is 3.12. The van der Waals surface area contributed by atoms with Gasteiger partial charge in [0.25, 0.3) is 0 Å². The zero-order valence-electron chi connectivity index (χ0n) is 18.1. The van der Waals surface area contributed by atoms with E-state index in [0.717, 1.165) is 29.8 Å². The van der Waals surface area contributed by atoms with Crippen molar-refractivity contribution >= 4 is 30.9 Å². The van der Waals surface area contributed by atoms with Crippen LogP contribution in [0.4, 0.5) is 5.69 Å². The predicted octanol–water partition coefficient (Wildman–Crippen LogP) is 3.86. The molecule has 1 saturated carbocycles. The molecular formula is C23H36N2O3S. The first-order chi connectivity index (χ1) is 13.4. The fraction of sp³-hybridized carbons (Fsp3) is 0.652. The van der Waals surface area contributed by atoms with Crippen molar-refractivity contribution in [1.82, 2.24) is 0 Å². The Morgan fingerprint density at radius 1 is 1.31 bits per heavy atom. The summed E-state index contributed by atoms with van der Waals surface area (Å²) < 4.78 is 5.61. The van der Waals surface area contributed by atoms with Crippen molar-refractivity contribution in [3.63, 3.8) is 0 Å². The number of anilines is 1. The molecule has 1 aromatic rings. The minimum absolute atomic E-state index is 0. The van der Waals surface area contributed by atoms with Gasteiger partial charge >= 0.3 is 0 Å². The highest BCUT2D eigenvalue weighted by Crippen LogP contribution is 2.46. The van der Waals surface area contributed by atoms with Crippen molar-refractivity contribution in [2.75, 3.05) is 24.6 Å². The Kier molecular flexibility index (Phi) is 8.18. The van der Waals surface area contributed by atoms with Crippen LogP contribution in [0.25, 0.3) is 0 Å². The van der Waals surface area contributed by atoms with Crippen LogP contribution < -0.4 is 15.4 Å². The number of nitrogens with two attached hydrogens (primary N) is 1. The highest BCUT2D eigenvalue weighted by atomic mass is 32.1. The van der Waals surface area contributed by atoms with Crippen LogP contribution in [0.15, 0.2) is 18.2 Å². The highest BCUT2D eigenvalue weighted by Gasteiger charge is 2.46. The fourth-order valence-electron chi connectivity index (χ4n) is 5.04. The Labute approximate surface area is 181 Å². The van der Waals surface area contributed by atoms with Gasteiger partial charge < -0.3 is 15.4 Å². The van der Waals surface area contributed by atoms with E-state index >= 15 is 0 Å². The third-order valence-corrected chi connectivity index (χ3v) is 6.45. The summed E-state index contributed by atoms with van der Waals surface area (Å²) >= 11 is 0. The van der Waals surface area contributed by atoms with Crippen LogP contribution in [0, 0.1) is 23.7 Å². The Hall–Kier alpha value is -1.53. The van der Waals surface area contributed by atoms with Crippen molar-refractivity contribution in [1.29, 1.82) is 0 Å². The quantitative estimate of drug-likeness (QED) is 0.680. The second-order valence-electron chi connectivity index (χ2n) is 8.70. The molecule has 1 amide bonds. The topological polar surface area (TPSA) is 72.6 Å². The largest absolute Gasteiger partial charge is 0.494 e. The molecule has 0 aromatic heterocycles. The van der Waals surface area contributed by atoms with Gasteiger partial charge in [-0.25, -0.2) is 0 Å². The summed E-state index contributed by atoms with van der Waals surface area (Å²) in [7, 11) is 0. The Bertz CT molecular complexity index is 737. The maximum absolute atomic E-state index is 13.7. The standard InChI is InChI=1S/C23H34N2O3.H2S/c1-5-28-16-7-9-18-20(13-16)25(11-10-24)23(27)21(18)22(26)19-12-15(4)6-8-17(19)14(2)3;/h7,9,13-15,17,19,21H,5-6,8,10-12,24H2,1-4H3;1H2/t15-,17+,19-,21?;/m1./s1. The molecule has 2 N–H and O–H groups in total. The van der Waals surface area contributed by atoms with Crippen molar-refractivity contribution in [3.05, 3.63) is 23.8 Å². The van der Waals surface area contributed by atoms with Gasteiger partial charge in [0.15, 0.2) is 5.78 Å². The summed E-state index contributed by atoms with van der Waals surface area (Å²) in [5.41, 5.74) is 7.35. The number of hydrogen-bond donors (Lipinski definition) is 1. The van der Waals surface area contributed by atoms with Gasteiger partial charge in [0.05, 0.1) is 12.3 Å². The van der Waals surface area contributed by atoms with Gasteiger partial charge in [-0.05, 0) is 49.1 Å². The number of nitrogens with zero attached hydrogens (tertiary/aromatic N) is 1. The first-order valence-corrected chi connectivity index (χ1v) is 10.7. The normalized spacial score (nSPS) is 26.3. The van der Waals surface area contributed by atoms with Crippen LogP contribution in [-0.2, 0) is 9.59 Å². The van der Waals surface area contributed by atoms with Crippen LogP contribution in [0.1, 0.15) is 58.4 Å². The monoisotopic (exact) mass is 420 g/mol. The van der Waals surface area contributed by atoms with Crippen LogP contribution >= 0.6 is 13.5 Å². The fourth-order valence-corrected chi connectivity index (χ4v) is 5.04. The number of rotatable bonds is 7. The van der Waals surface area contributed by atoms with E-state index in [2.05, 4.69) is 20.8 Å². The average Bonchev–Trinajstić information content (AvgIpc) is 2.93. The van der Waals surface area contributed by atoms with Crippen LogP contribution in [-0.4, -0.2) is 31.4 Å². The van der Waals surface area contributed by atoms with E-state index in [9.17, 15) is 9.59 Å². The lowest BCUT2D eigenvalue weighted by Crippen LogP contribution is -2.40. The molecule has 1 aliphatic heterocycles. The maximum Gasteiger partial charge on any atom is 0.242 e. The molecule has 1 unspecified atom stereocenters.